The zero-order valence-corrected chi connectivity index (χ0v) is 26.0. The summed E-state index contributed by atoms with van der Waals surface area (Å²) in [6.07, 6.45) is 6.95. The number of hydrogen-bond donors (Lipinski definition) is 5. The molecule has 4 amide bonds. The normalized spacial score (nSPS) is 23.3. The summed E-state index contributed by atoms with van der Waals surface area (Å²) in [4.78, 5) is 64.8. The van der Waals surface area contributed by atoms with Crippen molar-refractivity contribution in [3.05, 3.63) is 12.2 Å². The molecule has 6 atom stereocenters. The standard InChI is InChI=1S/C30H49N5O8/c1-6-17-14-22(26(38)32-20(13-18-11-12-18)23(36)25(31)37)35(15-17)27(39)24(30(2,3)4)34-28(40)33-21(16-43-29(41)42-5)19-9-7-8-10-19/h11-12,17-22,24,26,32,38H,6-10,13-16H2,1-5H3,(H2,31,37)(H2,33,34,40)/t17-,20?,21-,22?,24?,26?/m1/s1. The fraction of sp³-hybridized carbons (Fsp3) is 0.767. The van der Waals surface area contributed by atoms with E-state index >= 15 is 0 Å². The van der Waals surface area contributed by atoms with Gasteiger partial charge < -0.3 is 35.8 Å². The third kappa shape index (κ3) is 9.65. The summed E-state index contributed by atoms with van der Waals surface area (Å²) >= 11 is 0. The first-order chi connectivity index (χ1) is 20.2. The Labute approximate surface area is 253 Å². The van der Waals surface area contributed by atoms with Gasteiger partial charge in [-0.2, -0.15) is 0 Å². The number of rotatable bonds is 14. The first kappa shape index (κ1) is 34.3. The number of nitrogens with zero attached hydrogens (tertiary/aromatic N) is 1. The molecule has 1 heterocycles. The van der Waals surface area contributed by atoms with Crippen LogP contribution in [0.1, 0.15) is 72.6 Å². The predicted molar refractivity (Wildman–Crippen MR) is 157 cm³/mol. The second-order valence-electron chi connectivity index (χ2n) is 13.1. The van der Waals surface area contributed by atoms with E-state index in [1.807, 2.05) is 39.8 Å². The van der Waals surface area contributed by atoms with E-state index in [1.165, 1.54) is 7.11 Å². The van der Waals surface area contributed by atoms with Crippen LogP contribution >= 0.6 is 0 Å². The number of urea groups is 1. The second-order valence-corrected chi connectivity index (χ2v) is 13.1. The molecule has 0 aromatic heterocycles. The van der Waals surface area contributed by atoms with Gasteiger partial charge >= 0.3 is 12.2 Å². The van der Waals surface area contributed by atoms with Crippen LogP contribution < -0.4 is 21.7 Å². The number of carbonyl (C=O) groups excluding carboxylic acids is 5. The van der Waals surface area contributed by atoms with Crippen molar-refractivity contribution in [2.24, 2.45) is 28.9 Å². The molecule has 0 aromatic carbocycles. The third-order valence-electron chi connectivity index (χ3n) is 8.78. The molecule has 2 fully saturated rings. The second kappa shape index (κ2) is 15.0. The molecular weight excluding hydrogens is 558 g/mol. The molecule has 6 N–H and O–H groups in total. The number of aliphatic hydroxyl groups excluding tert-OH is 1. The lowest BCUT2D eigenvalue weighted by molar-refractivity contribution is -0.141. The molecule has 0 aromatic rings. The van der Waals surface area contributed by atoms with E-state index in [1.54, 1.807) is 4.90 Å². The number of amides is 4. The molecule has 1 saturated carbocycles. The number of ether oxygens (including phenoxy) is 2. The first-order valence-electron chi connectivity index (χ1n) is 15.3. The van der Waals surface area contributed by atoms with Gasteiger partial charge in [-0.15, -0.1) is 0 Å². The SMILES string of the molecule is CC[C@@H]1CC(C(O)NC(CC2C=C2)C(=O)C(N)=O)N(C(=O)C(NC(=O)N[C@H](COC(=O)OC)C2CCCC2)C(C)(C)C)C1. The van der Waals surface area contributed by atoms with Crippen molar-refractivity contribution in [3.63, 3.8) is 0 Å². The Morgan fingerprint density at radius 1 is 1.09 bits per heavy atom. The molecule has 3 aliphatic rings. The minimum absolute atomic E-state index is 0.0387. The Balaban J connectivity index is 1.75. The maximum absolute atomic E-state index is 14.1. The predicted octanol–water partition coefficient (Wildman–Crippen LogP) is 1.58. The van der Waals surface area contributed by atoms with E-state index < -0.39 is 59.7 Å². The van der Waals surface area contributed by atoms with E-state index in [9.17, 15) is 29.1 Å². The van der Waals surface area contributed by atoms with Crippen molar-refractivity contribution in [3.8, 4) is 0 Å². The van der Waals surface area contributed by atoms with Crippen LogP contribution in [0, 0.1) is 23.2 Å². The average Bonchev–Trinajstić information content (AvgIpc) is 3.41. The fourth-order valence-corrected chi connectivity index (χ4v) is 6.08. The summed E-state index contributed by atoms with van der Waals surface area (Å²) in [5.74, 6) is -2.03. The van der Waals surface area contributed by atoms with Gasteiger partial charge in [0.05, 0.1) is 25.2 Å². The van der Waals surface area contributed by atoms with Crippen LogP contribution in [0.3, 0.4) is 0 Å². The number of primary amides is 1. The molecule has 13 nitrogen and oxygen atoms in total. The van der Waals surface area contributed by atoms with E-state index in [2.05, 4.69) is 20.7 Å². The molecule has 4 unspecified atom stereocenters. The van der Waals surface area contributed by atoms with Gasteiger partial charge in [0.1, 0.15) is 18.9 Å². The minimum atomic E-state index is -1.30. The third-order valence-corrected chi connectivity index (χ3v) is 8.78. The van der Waals surface area contributed by atoms with Crippen LogP contribution in [0.15, 0.2) is 12.2 Å². The highest BCUT2D eigenvalue weighted by molar-refractivity contribution is 6.37. The van der Waals surface area contributed by atoms with Crippen LogP contribution in [0.4, 0.5) is 9.59 Å². The molecule has 0 spiro atoms. The highest BCUT2D eigenvalue weighted by Crippen LogP contribution is 2.32. The number of methoxy groups -OCH3 is 1. The smallest absolute Gasteiger partial charge is 0.438 e. The quantitative estimate of drug-likeness (QED) is 0.0845. The van der Waals surface area contributed by atoms with E-state index in [-0.39, 0.29) is 36.7 Å². The van der Waals surface area contributed by atoms with Gasteiger partial charge in [0, 0.05) is 6.54 Å². The Kier molecular flexibility index (Phi) is 12.0. The number of aliphatic hydroxyl groups is 1. The van der Waals surface area contributed by atoms with Gasteiger partial charge in [0.15, 0.2) is 0 Å². The summed E-state index contributed by atoms with van der Waals surface area (Å²) in [5.41, 5.74) is 4.56. The lowest BCUT2D eigenvalue weighted by Gasteiger charge is -2.38. The summed E-state index contributed by atoms with van der Waals surface area (Å²) in [6.45, 7) is 7.83. The number of carbonyl (C=O) groups is 5. The topological polar surface area (TPSA) is 189 Å². The zero-order valence-electron chi connectivity index (χ0n) is 26.0. The van der Waals surface area contributed by atoms with Crippen molar-refractivity contribution in [2.45, 2.75) is 103 Å². The highest BCUT2D eigenvalue weighted by Gasteiger charge is 2.45. The van der Waals surface area contributed by atoms with Gasteiger partial charge in [-0.3, -0.25) is 19.7 Å². The highest BCUT2D eigenvalue weighted by atomic mass is 16.7. The number of hydrogen-bond acceptors (Lipinski definition) is 9. The van der Waals surface area contributed by atoms with E-state index in [0.29, 0.717) is 13.0 Å². The number of nitrogens with two attached hydrogens (primary N) is 1. The average molecular weight is 608 g/mol. The van der Waals surface area contributed by atoms with Crippen molar-refractivity contribution < 1.29 is 38.6 Å². The summed E-state index contributed by atoms with van der Waals surface area (Å²) < 4.78 is 9.73. The molecular formula is C30H49N5O8. The molecule has 1 saturated heterocycles. The van der Waals surface area contributed by atoms with Crippen molar-refractivity contribution in [1.82, 2.24) is 20.9 Å². The monoisotopic (exact) mass is 607 g/mol. The Morgan fingerprint density at radius 3 is 2.28 bits per heavy atom. The molecule has 3 rings (SSSR count). The van der Waals surface area contributed by atoms with Crippen LogP contribution in [0.2, 0.25) is 0 Å². The first-order valence-corrected chi connectivity index (χ1v) is 15.3. The van der Waals surface area contributed by atoms with Crippen LogP contribution in [-0.2, 0) is 23.9 Å². The number of likely N-dealkylation sites (tertiary alicyclic amines) is 1. The number of nitrogens with one attached hydrogen (secondary N) is 3. The lowest BCUT2D eigenvalue weighted by atomic mass is 9.85. The number of Topliss-reactive ketones (excluding diaryl/α,β-unsaturated/α-hetero) is 1. The number of ketones is 1. The van der Waals surface area contributed by atoms with Crippen LogP contribution in [0.25, 0.3) is 0 Å². The Morgan fingerprint density at radius 2 is 1.74 bits per heavy atom. The van der Waals surface area contributed by atoms with Gasteiger partial charge in [0.2, 0.25) is 11.7 Å². The largest absolute Gasteiger partial charge is 0.508 e. The lowest BCUT2D eigenvalue weighted by Crippen LogP contribution is -2.61. The molecule has 242 valence electrons. The molecule has 43 heavy (non-hydrogen) atoms. The Bertz CT molecular complexity index is 1050. The van der Waals surface area contributed by atoms with Crippen molar-refractivity contribution >= 4 is 29.8 Å². The molecule has 0 bridgehead atoms. The summed E-state index contributed by atoms with van der Waals surface area (Å²) in [7, 11) is 1.22. The van der Waals surface area contributed by atoms with Gasteiger partial charge in [0.25, 0.3) is 5.91 Å². The van der Waals surface area contributed by atoms with Gasteiger partial charge in [-0.1, -0.05) is 59.1 Å². The minimum Gasteiger partial charge on any atom is -0.438 e. The van der Waals surface area contributed by atoms with E-state index in [0.717, 1.165) is 32.1 Å². The molecule has 13 heteroatoms. The fourth-order valence-electron chi connectivity index (χ4n) is 6.08. The Hall–Kier alpha value is -3.19. The number of allylic oxidation sites excluding steroid dienone is 2. The molecule has 2 aliphatic carbocycles. The molecule has 1 aliphatic heterocycles. The maximum atomic E-state index is 14.1. The van der Waals surface area contributed by atoms with E-state index in [4.69, 9.17) is 10.5 Å². The zero-order chi connectivity index (χ0) is 31.9. The van der Waals surface area contributed by atoms with Gasteiger partial charge in [-0.05, 0) is 48.9 Å². The van der Waals surface area contributed by atoms with Crippen molar-refractivity contribution in [1.29, 1.82) is 0 Å². The summed E-state index contributed by atoms with van der Waals surface area (Å²) in [5, 5.41) is 19.9. The van der Waals surface area contributed by atoms with Crippen molar-refractivity contribution in [2.75, 3.05) is 20.3 Å². The van der Waals surface area contributed by atoms with Crippen LogP contribution in [0.5, 0.6) is 0 Å². The van der Waals surface area contributed by atoms with Gasteiger partial charge in [-0.25, -0.2) is 9.59 Å². The molecule has 0 radical (unpaired) electrons. The van der Waals surface area contributed by atoms with Crippen LogP contribution in [-0.4, -0.2) is 90.4 Å². The summed E-state index contributed by atoms with van der Waals surface area (Å²) in [6, 6.07) is -3.66. The maximum Gasteiger partial charge on any atom is 0.508 e.